The third-order valence-corrected chi connectivity index (χ3v) is 11.2. The van der Waals surface area contributed by atoms with Gasteiger partial charge in [-0.25, -0.2) is 0 Å². The molecule has 384 valence electrons. The Morgan fingerprint density at radius 2 is 0.603 bits per heavy atom. The van der Waals surface area contributed by atoms with Crippen LogP contribution in [0, 0.1) is 0 Å². The van der Waals surface area contributed by atoms with Gasteiger partial charge in [-0.2, -0.15) is 0 Å². The summed E-state index contributed by atoms with van der Waals surface area (Å²) in [5, 5.41) is 0. The summed E-state index contributed by atoms with van der Waals surface area (Å²) in [4.78, 5) is 38.0. The second-order valence-corrected chi connectivity index (χ2v) is 17.7. The number of allylic oxidation sites excluding steroid dienone is 20. The number of unbranched alkanes of at least 4 members (excludes halogenated alkanes) is 17. The average molecular weight is 941 g/mol. The molecule has 0 saturated heterocycles. The molecule has 0 amide bonds. The molecule has 0 bridgehead atoms. The molecule has 0 radical (unpaired) electrons. The van der Waals surface area contributed by atoms with E-state index in [9.17, 15) is 14.4 Å². The van der Waals surface area contributed by atoms with Crippen molar-refractivity contribution in [2.75, 3.05) is 13.2 Å². The first-order valence-corrected chi connectivity index (χ1v) is 27.5. The zero-order valence-corrected chi connectivity index (χ0v) is 43.8. The van der Waals surface area contributed by atoms with E-state index < -0.39 is 6.10 Å². The van der Waals surface area contributed by atoms with Crippen LogP contribution in [0.3, 0.4) is 0 Å². The fraction of sp³-hybridized carbons (Fsp3) is 0.629. The van der Waals surface area contributed by atoms with Crippen molar-refractivity contribution in [3.8, 4) is 0 Å². The van der Waals surface area contributed by atoms with Gasteiger partial charge in [-0.3, -0.25) is 14.4 Å². The maximum Gasteiger partial charge on any atom is 0.306 e. The topological polar surface area (TPSA) is 78.9 Å². The Balaban J connectivity index is 4.59. The van der Waals surface area contributed by atoms with Crippen LogP contribution in [0.25, 0.3) is 0 Å². The van der Waals surface area contributed by atoms with E-state index in [4.69, 9.17) is 14.2 Å². The number of rotatable bonds is 48. The molecule has 0 N–H and O–H groups in total. The molecule has 0 aromatic heterocycles. The summed E-state index contributed by atoms with van der Waals surface area (Å²) in [5.74, 6) is -1.06. The molecule has 0 rings (SSSR count). The number of carbonyl (C=O) groups excluding carboxylic acids is 3. The minimum atomic E-state index is -0.832. The minimum absolute atomic E-state index is 0.127. The summed E-state index contributed by atoms with van der Waals surface area (Å²) in [6.45, 7) is 6.38. The quantitative estimate of drug-likeness (QED) is 0.0262. The first kappa shape index (κ1) is 63.8. The van der Waals surface area contributed by atoms with Crippen molar-refractivity contribution >= 4 is 17.9 Å². The molecule has 0 aromatic rings. The maximum absolute atomic E-state index is 12.8. The summed E-state index contributed by atoms with van der Waals surface area (Å²) < 4.78 is 16.7. The lowest BCUT2D eigenvalue weighted by atomic mass is 10.1. The second-order valence-electron chi connectivity index (χ2n) is 17.7. The van der Waals surface area contributed by atoms with E-state index in [2.05, 4.69) is 130 Å². The average Bonchev–Trinajstić information content (AvgIpc) is 3.34. The van der Waals surface area contributed by atoms with Crippen LogP contribution in [0.2, 0.25) is 0 Å². The highest BCUT2D eigenvalue weighted by Crippen LogP contribution is 2.13. The van der Waals surface area contributed by atoms with Crippen LogP contribution in [-0.4, -0.2) is 37.2 Å². The fourth-order valence-electron chi connectivity index (χ4n) is 7.06. The number of hydrogen-bond donors (Lipinski definition) is 0. The lowest BCUT2D eigenvalue weighted by Crippen LogP contribution is -2.30. The molecule has 0 aliphatic rings. The van der Waals surface area contributed by atoms with Crippen molar-refractivity contribution in [3.05, 3.63) is 122 Å². The van der Waals surface area contributed by atoms with Crippen molar-refractivity contribution in [2.24, 2.45) is 0 Å². The normalized spacial score (nSPS) is 13.0. The first-order valence-electron chi connectivity index (χ1n) is 27.5. The Kier molecular flexibility index (Phi) is 52.0. The van der Waals surface area contributed by atoms with Crippen molar-refractivity contribution < 1.29 is 28.6 Å². The Bertz CT molecular complexity index is 1450. The molecular weight excluding hydrogens is 841 g/mol. The van der Waals surface area contributed by atoms with Gasteiger partial charge in [-0.05, 0) is 122 Å². The highest BCUT2D eigenvalue weighted by atomic mass is 16.6. The molecule has 0 spiro atoms. The largest absolute Gasteiger partial charge is 0.462 e. The van der Waals surface area contributed by atoms with Gasteiger partial charge in [-0.1, -0.05) is 213 Å². The van der Waals surface area contributed by atoms with Gasteiger partial charge in [0, 0.05) is 19.3 Å². The van der Waals surface area contributed by atoms with E-state index in [-0.39, 0.29) is 37.5 Å². The van der Waals surface area contributed by atoms with Crippen molar-refractivity contribution in [3.63, 3.8) is 0 Å². The molecule has 0 aromatic carbocycles. The van der Waals surface area contributed by atoms with Gasteiger partial charge in [0.2, 0.25) is 0 Å². The van der Waals surface area contributed by atoms with Gasteiger partial charge in [-0.15, -0.1) is 0 Å². The van der Waals surface area contributed by atoms with E-state index in [1.165, 1.54) is 83.5 Å². The van der Waals surface area contributed by atoms with E-state index >= 15 is 0 Å². The Morgan fingerprint density at radius 3 is 1.06 bits per heavy atom. The van der Waals surface area contributed by atoms with Crippen LogP contribution >= 0.6 is 0 Å². The third-order valence-electron chi connectivity index (χ3n) is 11.2. The Labute approximate surface area is 418 Å². The van der Waals surface area contributed by atoms with Gasteiger partial charge in [0.15, 0.2) is 6.10 Å². The van der Waals surface area contributed by atoms with E-state index in [1.54, 1.807) is 0 Å². The van der Waals surface area contributed by atoms with E-state index in [0.29, 0.717) is 25.7 Å². The number of esters is 3. The van der Waals surface area contributed by atoms with Crippen LogP contribution < -0.4 is 0 Å². The molecule has 6 nitrogen and oxygen atoms in total. The van der Waals surface area contributed by atoms with Gasteiger partial charge in [0.05, 0.1) is 0 Å². The van der Waals surface area contributed by atoms with Gasteiger partial charge in [0.25, 0.3) is 0 Å². The molecule has 68 heavy (non-hydrogen) atoms. The summed E-state index contributed by atoms with van der Waals surface area (Å²) in [5.41, 5.74) is 0. The predicted molar refractivity (Wildman–Crippen MR) is 293 cm³/mol. The number of carbonyl (C=O) groups is 3. The van der Waals surface area contributed by atoms with Crippen LogP contribution in [0.5, 0.6) is 0 Å². The predicted octanol–water partition coefficient (Wildman–Crippen LogP) is 18.5. The molecule has 1 atom stereocenters. The number of hydrogen-bond acceptors (Lipinski definition) is 6. The van der Waals surface area contributed by atoms with Gasteiger partial charge < -0.3 is 14.2 Å². The zero-order chi connectivity index (χ0) is 49.3. The Hall–Kier alpha value is -4.19. The lowest BCUT2D eigenvalue weighted by molar-refractivity contribution is -0.166. The lowest BCUT2D eigenvalue weighted by Gasteiger charge is -2.18. The summed E-state index contributed by atoms with van der Waals surface area (Å²) in [7, 11) is 0. The zero-order valence-electron chi connectivity index (χ0n) is 43.8. The van der Waals surface area contributed by atoms with E-state index in [1.807, 2.05) is 12.2 Å². The molecule has 0 saturated carbocycles. The summed E-state index contributed by atoms with van der Waals surface area (Å²) in [6.07, 6.45) is 76.2. The molecule has 0 heterocycles. The molecule has 0 fully saturated rings. The van der Waals surface area contributed by atoms with Crippen LogP contribution in [0.4, 0.5) is 0 Å². The molecule has 0 unspecified atom stereocenters. The summed E-state index contributed by atoms with van der Waals surface area (Å²) >= 11 is 0. The SMILES string of the molecule is CC/C=C\C/C=C\C/C=C\C/C=C\C/C=C\C/C=C\CCC(=O)OC[C@@H](COC(=O)CCCC/C=C\C/C=C\C/C=C\CCCCC)OC(=O)CCCCCCC/C=C\CCCCCCCCC. The Morgan fingerprint density at radius 1 is 0.309 bits per heavy atom. The highest BCUT2D eigenvalue weighted by Gasteiger charge is 2.19. The molecular formula is C62H100O6. The van der Waals surface area contributed by atoms with Gasteiger partial charge >= 0.3 is 17.9 Å². The van der Waals surface area contributed by atoms with Crippen LogP contribution in [0.15, 0.2) is 122 Å². The van der Waals surface area contributed by atoms with Crippen LogP contribution in [-0.2, 0) is 28.6 Å². The fourth-order valence-corrected chi connectivity index (χ4v) is 7.06. The third kappa shape index (κ3) is 52.8. The summed E-state index contributed by atoms with van der Waals surface area (Å²) in [6, 6.07) is 0. The standard InChI is InChI=1S/C62H100O6/c1-4-7-10-13-16-19-22-25-28-30-31-32-35-37-40-43-46-49-52-55-61(64)67-58-59(57-66-60(63)54-51-48-45-42-39-36-33-27-24-21-18-15-12-9-6-3)68-62(65)56-53-50-47-44-41-38-34-29-26-23-20-17-14-11-8-5-2/h7,10,16,18-19,21,25,27-29,31-34,37,39-40,42,46,49,59H,4-6,8-9,11-15,17,20,22-24,26,30,35-36,38,41,43-45,47-48,50-58H2,1-3H3/b10-7-,19-16-,21-18-,28-25-,32-31-,33-27-,34-29-,40-37-,42-39-,49-46-/t59-/m1/s1. The first-order chi connectivity index (χ1) is 33.5. The monoisotopic (exact) mass is 941 g/mol. The molecule has 6 heteroatoms. The second kappa shape index (κ2) is 55.4. The van der Waals surface area contributed by atoms with Crippen molar-refractivity contribution in [1.82, 2.24) is 0 Å². The van der Waals surface area contributed by atoms with Crippen molar-refractivity contribution in [1.29, 1.82) is 0 Å². The van der Waals surface area contributed by atoms with E-state index in [0.717, 1.165) is 96.3 Å². The van der Waals surface area contributed by atoms with Crippen molar-refractivity contribution in [2.45, 2.75) is 239 Å². The number of ether oxygens (including phenoxy) is 3. The van der Waals surface area contributed by atoms with Gasteiger partial charge in [0.1, 0.15) is 13.2 Å². The molecule has 0 aliphatic carbocycles. The maximum atomic E-state index is 12.8. The minimum Gasteiger partial charge on any atom is -0.462 e. The highest BCUT2D eigenvalue weighted by molar-refractivity contribution is 5.71. The van der Waals surface area contributed by atoms with Crippen LogP contribution in [0.1, 0.15) is 233 Å². The molecule has 0 aliphatic heterocycles. The smallest absolute Gasteiger partial charge is 0.306 e.